The number of carbonyl (C=O) groups excluding carboxylic acids is 1. The number of nitrogens with one attached hydrogen (secondary N) is 1. The Labute approximate surface area is 153 Å². The predicted octanol–water partition coefficient (Wildman–Crippen LogP) is 4.20. The number of aromatic nitrogens is 1. The first-order valence-electron chi connectivity index (χ1n) is 7.87. The Balaban J connectivity index is 1.60. The summed E-state index contributed by atoms with van der Waals surface area (Å²) in [6, 6.07) is 6.48. The van der Waals surface area contributed by atoms with Crippen LogP contribution in [0, 0.1) is 5.82 Å². The summed E-state index contributed by atoms with van der Waals surface area (Å²) in [4.78, 5) is 26.5. The fraction of sp³-hybridized carbons (Fsp3) is 0.353. The number of amides is 1. The topological polar surface area (TPSA) is 79.3 Å². The summed E-state index contributed by atoms with van der Waals surface area (Å²) in [6.45, 7) is 0. The van der Waals surface area contributed by atoms with Gasteiger partial charge < -0.3 is 10.4 Å². The van der Waals surface area contributed by atoms with Crippen LogP contribution in [0.15, 0.2) is 34.7 Å². The number of aliphatic carboxylic acids is 1. The number of unbranched alkanes of at least 4 members (excludes halogenated alkanes) is 2. The summed E-state index contributed by atoms with van der Waals surface area (Å²) in [5.41, 5.74) is 1.10. The van der Waals surface area contributed by atoms with Gasteiger partial charge in [0.25, 0.3) is 0 Å². The van der Waals surface area contributed by atoms with Gasteiger partial charge in [-0.25, -0.2) is 9.37 Å². The van der Waals surface area contributed by atoms with E-state index in [2.05, 4.69) is 10.3 Å². The van der Waals surface area contributed by atoms with Gasteiger partial charge in [0.2, 0.25) is 5.91 Å². The van der Waals surface area contributed by atoms with E-state index in [-0.39, 0.29) is 17.5 Å². The van der Waals surface area contributed by atoms with E-state index in [1.165, 1.54) is 35.2 Å². The number of benzene rings is 1. The summed E-state index contributed by atoms with van der Waals surface area (Å²) in [7, 11) is 0. The van der Waals surface area contributed by atoms with Gasteiger partial charge in [-0.15, -0.1) is 11.8 Å². The minimum absolute atomic E-state index is 0.0242. The molecule has 0 aliphatic carbocycles. The molecule has 0 spiro atoms. The number of thioether (sulfide) groups is 1. The molecule has 25 heavy (non-hydrogen) atoms. The van der Waals surface area contributed by atoms with Crippen molar-refractivity contribution in [1.82, 2.24) is 4.98 Å². The smallest absolute Gasteiger partial charge is 0.313 e. The molecule has 0 fully saturated rings. The molecule has 0 saturated carbocycles. The molecule has 0 atom stereocenters. The Kier molecular flexibility index (Phi) is 7.87. The zero-order valence-corrected chi connectivity index (χ0v) is 15.2. The zero-order valence-electron chi connectivity index (χ0n) is 13.5. The number of halogens is 1. The van der Waals surface area contributed by atoms with Crippen molar-refractivity contribution in [3.63, 3.8) is 0 Å². The molecule has 2 rings (SSSR count). The van der Waals surface area contributed by atoms with Crippen molar-refractivity contribution in [3.8, 4) is 0 Å². The van der Waals surface area contributed by atoms with Crippen molar-refractivity contribution in [2.24, 2.45) is 0 Å². The van der Waals surface area contributed by atoms with E-state index in [4.69, 9.17) is 5.11 Å². The molecule has 0 saturated heterocycles. The lowest BCUT2D eigenvalue weighted by molar-refractivity contribution is -0.133. The second kappa shape index (κ2) is 10.1. The number of carboxylic acid groups (broad SMARTS) is 1. The number of hydrogen-bond donors (Lipinski definition) is 2. The minimum Gasteiger partial charge on any atom is -0.481 e. The third-order valence-corrected chi connectivity index (χ3v) is 5.44. The quantitative estimate of drug-likeness (QED) is 0.475. The molecule has 0 aliphatic heterocycles. The van der Waals surface area contributed by atoms with Gasteiger partial charge in [0.05, 0.1) is 16.2 Å². The first kappa shape index (κ1) is 19.4. The fourth-order valence-electron chi connectivity index (χ4n) is 2.14. The summed E-state index contributed by atoms with van der Waals surface area (Å²) in [5, 5.41) is 11.9. The molecule has 1 aromatic carbocycles. The number of thiazole rings is 1. The molecule has 8 heteroatoms. The lowest BCUT2D eigenvalue weighted by Gasteiger charge is -2.03. The summed E-state index contributed by atoms with van der Waals surface area (Å²) >= 11 is 2.45. The maximum absolute atomic E-state index is 12.8. The summed E-state index contributed by atoms with van der Waals surface area (Å²) in [6.07, 6.45) is 5.50. The SMILES string of the molecule is O=C(O)CSc1cnc(NC(=O)CCCCCc2ccc(F)cc2)s1. The van der Waals surface area contributed by atoms with Gasteiger partial charge in [0, 0.05) is 6.42 Å². The van der Waals surface area contributed by atoms with E-state index in [1.54, 1.807) is 18.3 Å². The Morgan fingerprint density at radius 2 is 1.96 bits per heavy atom. The normalized spacial score (nSPS) is 10.6. The first-order valence-corrected chi connectivity index (χ1v) is 9.68. The van der Waals surface area contributed by atoms with Crippen LogP contribution in [0.4, 0.5) is 9.52 Å². The average molecular weight is 382 g/mol. The summed E-state index contributed by atoms with van der Waals surface area (Å²) < 4.78 is 13.6. The van der Waals surface area contributed by atoms with Crippen LogP contribution >= 0.6 is 23.1 Å². The van der Waals surface area contributed by atoms with Gasteiger partial charge in [0.15, 0.2) is 5.13 Å². The van der Waals surface area contributed by atoms with E-state index in [0.29, 0.717) is 11.6 Å². The first-order chi connectivity index (χ1) is 12.0. The van der Waals surface area contributed by atoms with E-state index < -0.39 is 5.97 Å². The predicted molar refractivity (Wildman–Crippen MR) is 97.7 cm³/mol. The van der Waals surface area contributed by atoms with E-state index in [0.717, 1.165) is 35.5 Å². The Morgan fingerprint density at radius 3 is 2.68 bits per heavy atom. The van der Waals surface area contributed by atoms with Crippen LogP contribution in [-0.2, 0) is 16.0 Å². The Bertz CT molecular complexity index is 704. The second-order valence-corrected chi connectivity index (χ2v) is 7.71. The number of hydrogen-bond acceptors (Lipinski definition) is 5. The number of aryl methyl sites for hydroxylation is 1. The zero-order chi connectivity index (χ0) is 18.1. The van der Waals surface area contributed by atoms with Crippen molar-refractivity contribution in [2.75, 3.05) is 11.1 Å². The molecule has 0 radical (unpaired) electrons. The molecule has 1 aromatic heterocycles. The molecule has 5 nitrogen and oxygen atoms in total. The minimum atomic E-state index is -0.885. The van der Waals surface area contributed by atoms with Crippen molar-refractivity contribution in [2.45, 2.75) is 36.3 Å². The van der Waals surface area contributed by atoms with Gasteiger partial charge in [-0.05, 0) is 37.0 Å². The highest BCUT2D eigenvalue weighted by Crippen LogP contribution is 2.28. The largest absolute Gasteiger partial charge is 0.481 e. The molecule has 1 amide bonds. The lowest BCUT2D eigenvalue weighted by atomic mass is 10.1. The van der Waals surface area contributed by atoms with Crippen LogP contribution in [0.3, 0.4) is 0 Å². The highest BCUT2D eigenvalue weighted by atomic mass is 32.2. The Hall–Kier alpha value is -1.93. The standard InChI is InChI=1S/C17H19FN2O3S2/c18-13-8-6-12(7-9-13)4-2-1-3-5-14(21)20-17-19-10-16(25-17)24-11-15(22)23/h6-10H,1-5,11H2,(H,22,23)(H,19,20,21). The van der Waals surface area contributed by atoms with Crippen molar-refractivity contribution in [3.05, 3.63) is 41.8 Å². The molecule has 0 bridgehead atoms. The molecule has 0 unspecified atom stereocenters. The van der Waals surface area contributed by atoms with Gasteiger partial charge in [-0.3, -0.25) is 9.59 Å². The van der Waals surface area contributed by atoms with Crippen LogP contribution in [0.5, 0.6) is 0 Å². The van der Waals surface area contributed by atoms with Crippen molar-refractivity contribution in [1.29, 1.82) is 0 Å². The van der Waals surface area contributed by atoms with Crippen molar-refractivity contribution < 1.29 is 19.1 Å². The number of nitrogens with zero attached hydrogens (tertiary/aromatic N) is 1. The maximum atomic E-state index is 12.8. The van der Waals surface area contributed by atoms with Crippen LogP contribution in [-0.4, -0.2) is 27.7 Å². The molecule has 2 N–H and O–H groups in total. The third kappa shape index (κ3) is 7.66. The van der Waals surface area contributed by atoms with E-state index in [9.17, 15) is 14.0 Å². The molecule has 134 valence electrons. The maximum Gasteiger partial charge on any atom is 0.313 e. The molecular formula is C17H19FN2O3S2. The van der Waals surface area contributed by atoms with Crippen LogP contribution in [0.2, 0.25) is 0 Å². The van der Waals surface area contributed by atoms with Gasteiger partial charge in [-0.2, -0.15) is 0 Å². The Morgan fingerprint density at radius 1 is 1.20 bits per heavy atom. The van der Waals surface area contributed by atoms with E-state index >= 15 is 0 Å². The fourth-order valence-corrected chi connectivity index (χ4v) is 3.75. The van der Waals surface area contributed by atoms with Gasteiger partial charge in [0.1, 0.15) is 5.82 Å². The van der Waals surface area contributed by atoms with Crippen LogP contribution < -0.4 is 5.32 Å². The number of anilines is 1. The number of carbonyl (C=O) groups is 2. The van der Waals surface area contributed by atoms with Gasteiger partial charge in [-0.1, -0.05) is 29.9 Å². The lowest BCUT2D eigenvalue weighted by Crippen LogP contribution is -2.10. The molecule has 0 aliphatic rings. The molecule has 2 aromatic rings. The highest BCUT2D eigenvalue weighted by molar-refractivity contribution is 8.01. The molecule has 1 heterocycles. The van der Waals surface area contributed by atoms with Gasteiger partial charge >= 0.3 is 5.97 Å². The third-order valence-electron chi connectivity index (χ3n) is 3.35. The highest BCUT2D eigenvalue weighted by Gasteiger charge is 2.08. The monoisotopic (exact) mass is 382 g/mol. The van der Waals surface area contributed by atoms with Crippen LogP contribution in [0.25, 0.3) is 0 Å². The molecular weight excluding hydrogens is 363 g/mol. The number of carboxylic acids is 1. The van der Waals surface area contributed by atoms with E-state index in [1.807, 2.05) is 0 Å². The second-order valence-electron chi connectivity index (χ2n) is 5.40. The van der Waals surface area contributed by atoms with Crippen molar-refractivity contribution >= 4 is 40.1 Å². The summed E-state index contributed by atoms with van der Waals surface area (Å²) in [5.74, 6) is -1.23. The van der Waals surface area contributed by atoms with Crippen LogP contribution in [0.1, 0.15) is 31.2 Å². The average Bonchev–Trinajstić information content (AvgIpc) is 3.02. The number of rotatable bonds is 10.